The van der Waals surface area contributed by atoms with E-state index in [-0.39, 0.29) is 11.1 Å². The summed E-state index contributed by atoms with van der Waals surface area (Å²) in [5, 5.41) is -1.46. The molecule has 2 heterocycles. The average Bonchev–Trinajstić information content (AvgIpc) is 3.32. The number of imidazole rings is 1. The molecule has 0 spiro atoms. The average molecular weight is 369 g/mol. The van der Waals surface area contributed by atoms with Gasteiger partial charge in [0.1, 0.15) is 0 Å². The van der Waals surface area contributed by atoms with Crippen molar-refractivity contribution in [2.45, 2.75) is 23.2 Å². The fraction of sp³-hybridized carbons (Fsp3) is 0.263. The molecule has 7 heteroatoms. The van der Waals surface area contributed by atoms with Crippen LogP contribution in [-0.2, 0) is 14.6 Å². The van der Waals surface area contributed by atoms with Crippen molar-refractivity contribution >= 4 is 26.8 Å². The van der Waals surface area contributed by atoms with E-state index in [2.05, 4.69) is 9.97 Å². The fourth-order valence-electron chi connectivity index (χ4n) is 3.36. The van der Waals surface area contributed by atoms with Crippen molar-refractivity contribution in [3.63, 3.8) is 0 Å². The molecule has 6 nitrogen and oxygen atoms in total. The number of nitrogens with zero attached hydrogens (tertiary/aromatic N) is 2. The number of fused-ring (bicyclic) bond motifs is 1. The van der Waals surface area contributed by atoms with E-state index < -0.39 is 15.1 Å². The van der Waals surface area contributed by atoms with Gasteiger partial charge < -0.3 is 9.88 Å². The van der Waals surface area contributed by atoms with Crippen molar-refractivity contribution in [3.8, 4) is 0 Å². The summed E-state index contributed by atoms with van der Waals surface area (Å²) in [5.74, 6) is -0.380. The second-order valence-electron chi connectivity index (χ2n) is 6.43. The van der Waals surface area contributed by atoms with Crippen molar-refractivity contribution in [2.75, 3.05) is 13.1 Å². The number of carbonyl (C=O) groups excluding carboxylic acids is 1. The first kappa shape index (κ1) is 16.8. The van der Waals surface area contributed by atoms with E-state index in [9.17, 15) is 13.2 Å². The number of rotatable bonds is 4. The molecule has 3 aromatic rings. The van der Waals surface area contributed by atoms with Gasteiger partial charge >= 0.3 is 0 Å². The molecule has 0 saturated carbocycles. The second-order valence-corrected chi connectivity index (χ2v) is 8.38. The summed E-state index contributed by atoms with van der Waals surface area (Å²) in [6, 6.07) is 15.8. The lowest BCUT2D eigenvalue weighted by Gasteiger charge is -2.22. The zero-order valence-electron chi connectivity index (χ0n) is 14.1. The number of benzene rings is 2. The number of hydrogen-bond donors (Lipinski definition) is 1. The van der Waals surface area contributed by atoms with Crippen LogP contribution in [0.2, 0.25) is 0 Å². The Balaban J connectivity index is 1.82. The Kier molecular flexibility index (Phi) is 4.24. The molecule has 1 fully saturated rings. The molecular weight excluding hydrogens is 350 g/mol. The van der Waals surface area contributed by atoms with Crippen LogP contribution in [0.15, 0.2) is 59.8 Å². The minimum absolute atomic E-state index is 0.167. The van der Waals surface area contributed by atoms with Crippen molar-refractivity contribution in [1.82, 2.24) is 14.9 Å². The maximum Gasteiger partial charge on any atom is 0.245 e. The summed E-state index contributed by atoms with van der Waals surface area (Å²) in [6.45, 7) is 1.19. The first-order valence-electron chi connectivity index (χ1n) is 8.60. The Morgan fingerprint density at radius 1 is 1.00 bits per heavy atom. The highest BCUT2D eigenvalue weighted by Crippen LogP contribution is 2.31. The SMILES string of the molecule is O=C(C(c1ccccc1)S(=O)(=O)c1nc2ccccc2[nH]1)N1CCCC1. The summed E-state index contributed by atoms with van der Waals surface area (Å²) < 4.78 is 26.7. The molecule has 1 aliphatic heterocycles. The van der Waals surface area contributed by atoms with Gasteiger partial charge in [-0.15, -0.1) is 0 Å². The molecule has 0 bridgehead atoms. The highest BCUT2D eigenvalue weighted by atomic mass is 32.2. The Morgan fingerprint density at radius 3 is 2.35 bits per heavy atom. The van der Waals surface area contributed by atoms with Gasteiger partial charge in [0.05, 0.1) is 11.0 Å². The molecule has 134 valence electrons. The monoisotopic (exact) mass is 369 g/mol. The molecule has 1 amide bonds. The molecule has 1 saturated heterocycles. The van der Waals surface area contributed by atoms with Gasteiger partial charge in [-0.1, -0.05) is 42.5 Å². The van der Waals surface area contributed by atoms with Crippen LogP contribution in [0, 0.1) is 0 Å². The standard InChI is InChI=1S/C19H19N3O3S/c23-18(22-12-6-7-13-22)17(14-8-2-1-3-9-14)26(24,25)19-20-15-10-4-5-11-16(15)21-19/h1-5,8-11,17H,6-7,12-13H2,(H,20,21). The molecule has 1 unspecified atom stereocenters. The molecular formula is C19H19N3O3S. The Morgan fingerprint density at radius 2 is 1.65 bits per heavy atom. The smallest absolute Gasteiger partial charge is 0.245 e. The van der Waals surface area contributed by atoms with Crippen LogP contribution in [0.3, 0.4) is 0 Å². The number of H-pyrrole nitrogens is 1. The zero-order chi connectivity index (χ0) is 18.1. The van der Waals surface area contributed by atoms with E-state index in [4.69, 9.17) is 0 Å². The topological polar surface area (TPSA) is 83.1 Å². The lowest BCUT2D eigenvalue weighted by atomic mass is 10.1. The molecule has 1 aromatic heterocycles. The van der Waals surface area contributed by atoms with Crippen LogP contribution >= 0.6 is 0 Å². The number of nitrogens with one attached hydrogen (secondary N) is 1. The molecule has 26 heavy (non-hydrogen) atoms. The minimum atomic E-state index is -4.01. The maximum atomic E-state index is 13.4. The van der Waals surface area contributed by atoms with Crippen molar-refractivity contribution in [2.24, 2.45) is 0 Å². The summed E-state index contributed by atoms with van der Waals surface area (Å²) in [4.78, 5) is 21.8. The van der Waals surface area contributed by atoms with E-state index in [1.807, 2.05) is 0 Å². The van der Waals surface area contributed by atoms with Gasteiger partial charge in [-0.25, -0.2) is 13.4 Å². The van der Waals surface area contributed by atoms with Crippen LogP contribution < -0.4 is 0 Å². The third-order valence-corrected chi connectivity index (χ3v) is 6.52. The van der Waals surface area contributed by atoms with E-state index in [0.717, 1.165) is 12.8 Å². The van der Waals surface area contributed by atoms with Gasteiger partial charge in [-0.3, -0.25) is 4.79 Å². The molecule has 1 N–H and O–H groups in total. The Hall–Kier alpha value is -2.67. The first-order chi connectivity index (χ1) is 12.6. The molecule has 1 atom stereocenters. The first-order valence-corrected chi connectivity index (χ1v) is 10.1. The number of aromatic nitrogens is 2. The van der Waals surface area contributed by atoms with Crippen LogP contribution in [0.5, 0.6) is 0 Å². The summed E-state index contributed by atoms with van der Waals surface area (Å²) in [7, 11) is -4.01. The summed E-state index contributed by atoms with van der Waals surface area (Å²) in [6.07, 6.45) is 1.80. The lowest BCUT2D eigenvalue weighted by molar-refractivity contribution is -0.129. The lowest BCUT2D eigenvalue weighted by Crippen LogP contribution is -2.36. The minimum Gasteiger partial charge on any atom is -0.341 e. The van der Waals surface area contributed by atoms with E-state index >= 15 is 0 Å². The van der Waals surface area contributed by atoms with Gasteiger partial charge in [0.15, 0.2) is 5.25 Å². The normalized spacial score (nSPS) is 16.1. The number of likely N-dealkylation sites (tertiary alicyclic amines) is 1. The summed E-state index contributed by atoms with van der Waals surface area (Å²) >= 11 is 0. The van der Waals surface area contributed by atoms with Crippen LogP contribution in [0.1, 0.15) is 23.7 Å². The highest BCUT2D eigenvalue weighted by molar-refractivity contribution is 7.92. The van der Waals surface area contributed by atoms with Crippen LogP contribution in [0.25, 0.3) is 11.0 Å². The van der Waals surface area contributed by atoms with Gasteiger partial charge in [0.2, 0.25) is 20.9 Å². The quantitative estimate of drug-likeness (QED) is 0.766. The van der Waals surface area contributed by atoms with Crippen LogP contribution in [0.4, 0.5) is 0 Å². The Bertz CT molecular complexity index is 1010. The number of carbonyl (C=O) groups is 1. The maximum absolute atomic E-state index is 13.4. The van der Waals surface area contributed by atoms with E-state index in [0.29, 0.717) is 29.7 Å². The van der Waals surface area contributed by atoms with Crippen molar-refractivity contribution in [3.05, 3.63) is 60.2 Å². The molecule has 2 aromatic carbocycles. The predicted molar refractivity (Wildman–Crippen MR) is 98.3 cm³/mol. The van der Waals surface area contributed by atoms with Gasteiger partial charge in [-0.05, 0) is 30.5 Å². The van der Waals surface area contributed by atoms with E-state index in [1.165, 1.54) is 0 Å². The third-order valence-electron chi connectivity index (χ3n) is 4.69. The van der Waals surface area contributed by atoms with Gasteiger partial charge in [-0.2, -0.15) is 0 Å². The highest BCUT2D eigenvalue weighted by Gasteiger charge is 2.40. The number of sulfone groups is 1. The largest absolute Gasteiger partial charge is 0.341 e. The molecule has 0 aliphatic carbocycles. The zero-order valence-corrected chi connectivity index (χ0v) is 14.9. The number of hydrogen-bond acceptors (Lipinski definition) is 4. The van der Waals surface area contributed by atoms with Crippen molar-refractivity contribution < 1.29 is 13.2 Å². The van der Waals surface area contributed by atoms with Crippen LogP contribution in [-0.4, -0.2) is 42.3 Å². The van der Waals surface area contributed by atoms with Crippen molar-refractivity contribution in [1.29, 1.82) is 0 Å². The number of amides is 1. The summed E-state index contributed by atoms with van der Waals surface area (Å²) in [5.41, 5.74) is 1.66. The number of aromatic amines is 1. The predicted octanol–water partition coefficient (Wildman–Crippen LogP) is 2.70. The van der Waals surface area contributed by atoms with E-state index in [1.54, 1.807) is 59.5 Å². The number of para-hydroxylation sites is 2. The molecule has 1 aliphatic rings. The molecule has 0 radical (unpaired) electrons. The molecule has 4 rings (SSSR count). The van der Waals surface area contributed by atoms with Gasteiger partial charge in [0.25, 0.3) is 0 Å². The third kappa shape index (κ3) is 2.88. The second kappa shape index (κ2) is 6.57. The Labute approximate surface area is 151 Å². The fourth-order valence-corrected chi connectivity index (χ4v) is 4.99. The van der Waals surface area contributed by atoms with Gasteiger partial charge in [0, 0.05) is 13.1 Å².